The van der Waals surface area contributed by atoms with Gasteiger partial charge >= 0.3 is 0 Å². The van der Waals surface area contributed by atoms with Crippen LogP contribution >= 0.6 is 0 Å². The Morgan fingerprint density at radius 2 is 2.00 bits per heavy atom. The van der Waals surface area contributed by atoms with Crippen molar-refractivity contribution in [2.45, 2.75) is 38.6 Å². The van der Waals surface area contributed by atoms with Crippen molar-refractivity contribution in [2.75, 3.05) is 13.7 Å². The van der Waals surface area contributed by atoms with Crippen LogP contribution in [-0.4, -0.2) is 30.2 Å². The highest BCUT2D eigenvalue weighted by Gasteiger charge is 2.46. The van der Waals surface area contributed by atoms with Crippen molar-refractivity contribution in [3.05, 3.63) is 0 Å². The third kappa shape index (κ3) is 2.20. The van der Waals surface area contributed by atoms with E-state index in [1.165, 1.54) is 0 Å². The molecular formula is C9H18O4. The average molecular weight is 190 g/mol. The van der Waals surface area contributed by atoms with Crippen LogP contribution < -0.4 is 0 Å². The molecule has 0 aromatic rings. The quantitative estimate of drug-likeness (QED) is 0.662. The summed E-state index contributed by atoms with van der Waals surface area (Å²) in [6.45, 7) is 5.65. The predicted molar refractivity (Wildman–Crippen MR) is 46.9 cm³/mol. The summed E-state index contributed by atoms with van der Waals surface area (Å²) in [4.78, 5) is 10.3. The molecule has 1 saturated heterocycles. The van der Waals surface area contributed by atoms with Gasteiger partial charge in [-0.2, -0.15) is 0 Å². The fraction of sp³-hybridized carbons (Fsp3) is 1.00. The molecule has 2 atom stereocenters. The predicted octanol–water partition coefficient (Wildman–Crippen LogP) is 1.09. The molecule has 2 unspecified atom stereocenters. The van der Waals surface area contributed by atoms with E-state index < -0.39 is 5.79 Å². The molecule has 0 aromatic carbocycles. The van der Waals surface area contributed by atoms with Gasteiger partial charge in [-0.25, -0.2) is 9.78 Å². The van der Waals surface area contributed by atoms with Crippen LogP contribution in [0.5, 0.6) is 0 Å². The van der Waals surface area contributed by atoms with Crippen molar-refractivity contribution in [2.24, 2.45) is 5.92 Å². The van der Waals surface area contributed by atoms with Crippen LogP contribution in [0.1, 0.15) is 27.2 Å². The van der Waals surface area contributed by atoms with Gasteiger partial charge in [0.25, 0.3) is 0 Å². The number of hydrogen-bond acceptors (Lipinski definition) is 4. The lowest BCUT2D eigenvalue weighted by atomic mass is 9.87. The number of rotatable bonds is 2. The van der Waals surface area contributed by atoms with Crippen LogP contribution in [0.3, 0.4) is 0 Å². The topological polar surface area (TPSA) is 47.9 Å². The Hall–Kier alpha value is -0.160. The summed E-state index contributed by atoms with van der Waals surface area (Å²) in [5.74, 6) is -0.883. The molecule has 1 fully saturated rings. The van der Waals surface area contributed by atoms with Gasteiger partial charge in [0.05, 0.1) is 12.2 Å². The molecule has 78 valence electrons. The number of aliphatic hydroxyl groups excluding tert-OH is 1. The lowest BCUT2D eigenvalue weighted by molar-refractivity contribution is -0.495. The Morgan fingerprint density at radius 1 is 1.38 bits per heavy atom. The number of hydrogen-bond donors (Lipinski definition) is 1. The highest BCUT2D eigenvalue weighted by molar-refractivity contribution is 4.84. The third-order valence-corrected chi connectivity index (χ3v) is 2.54. The van der Waals surface area contributed by atoms with Crippen LogP contribution in [0.4, 0.5) is 0 Å². The maximum Gasteiger partial charge on any atom is 0.203 e. The fourth-order valence-corrected chi connectivity index (χ4v) is 1.51. The van der Waals surface area contributed by atoms with Crippen LogP contribution in [0.2, 0.25) is 0 Å². The van der Waals surface area contributed by atoms with Gasteiger partial charge in [0, 0.05) is 13.0 Å². The van der Waals surface area contributed by atoms with Crippen LogP contribution in [0.15, 0.2) is 0 Å². The van der Waals surface area contributed by atoms with Gasteiger partial charge < -0.3 is 9.84 Å². The molecule has 0 radical (unpaired) electrons. The second-order valence-corrected chi connectivity index (χ2v) is 4.23. The van der Waals surface area contributed by atoms with Crippen LogP contribution in [0.25, 0.3) is 0 Å². The minimum Gasteiger partial charge on any atom is -0.396 e. The van der Waals surface area contributed by atoms with E-state index in [0.717, 1.165) is 0 Å². The maximum absolute atomic E-state index is 9.17. The molecule has 13 heavy (non-hydrogen) atoms. The highest BCUT2D eigenvalue weighted by Crippen LogP contribution is 2.37. The molecule has 0 aliphatic carbocycles. The SMILES string of the molecule is COC1(C)OOC(C)(C)CC1CO. The molecule has 1 N–H and O–H groups in total. The summed E-state index contributed by atoms with van der Waals surface area (Å²) >= 11 is 0. The minimum atomic E-state index is -0.829. The van der Waals surface area contributed by atoms with Crippen molar-refractivity contribution in [3.63, 3.8) is 0 Å². The van der Waals surface area contributed by atoms with E-state index in [1.54, 1.807) is 14.0 Å². The maximum atomic E-state index is 9.17. The van der Waals surface area contributed by atoms with Gasteiger partial charge in [-0.1, -0.05) is 0 Å². The summed E-state index contributed by atoms with van der Waals surface area (Å²) in [6.07, 6.45) is 0.716. The van der Waals surface area contributed by atoms with Gasteiger partial charge in [0.1, 0.15) is 0 Å². The van der Waals surface area contributed by atoms with Crippen molar-refractivity contribution >= 4 is 0 Å². The van der Waals surface area contributed by atoms with E-state index in [4.69, 9.17) is 14.5 Å². The Kier molecular flexibility index (Phi) is 2.97. The average Bonchev–Trinajstić information content (AvgIpc) is 2.09. The highest BCUT2D eigenvalue weighted by atomic mass is 17.2. The first-order chi connectivity index (χ1) is 5.93. The second kappa shape index (κ2) is 3.53. The van der Waals surface area contributed by atoms with E-state index in [2.05, 4.69) is 0 Å². The Labute approximate surface area is 78.7 Å². The van der Waals surface area contributed by atoms with Gasteiger partial charge in [-0.3, -0.25) is 0 Å². The summed E-state index contributed by atoms with van der Waals surface area (Å²) in [6, 6.07) is 0. The molecular weight excluding hydrogens is 172 g/mol. The molecule has 1 rings (SSSR count). The van der Waals surface area contributed by atoms with E-state index in [0.29, 0.717) is 6.42 Å². The summed E-state index contributed by atoms with van der Waals surface area (Å²) < 4.78 is 5.17. The lowest BCUT2D eigenvalue weighted by Crippen LogP contribution is -2.51. The molecule has 0 aromatic heterocycles. The lowest BCUT2D eigenvalue weighted by Gasteiger charge is -2.44. The van der Waals surface area contributed by atoms with E-state index >= 15 is 0 Å². The molecule has 0 spiro atoms. The molecule has 4 heteroatoms. The Balaban J connectivity index is 2.71. The van der Waals surface area contributed by atoms with E-state index in [1.807, 2.05) is 13.8 Å². The summed E-state index contributed by atoms with van der Waals surface area (Å²) in [5, 5.41) is 9.17. The first-order valence-corrected chi connectivity index (χ1v) is 4.46. The second-order valence-electron chi connectivity index (χ2n) is 4.23. The smallest absolute Gasteiger partial charge is 0.203 e. The summed E-state index contributed by atoms with van der Waals surface area (Å²) in [5.41, 5.74) is -0.356. The Bertz CT molecular complexity index is 180. The van der Waals surface area contributed by atoms with Gasteiger partial charge in [0.2, 0.25) is 5.79 Å². The number of ether oxygens (including phenoxy) is 1. The van der Waals surface area contributed by atoms with Gasteiger partial charge in [0.15, 0.2) is 0 Å². The Morgan fingerprint density at radius 3 is 2.46 bits per heavy atom. The monoisotopic (exact) mass is 190 g/mol. The molecule has 0 saturated carbocycles. The van der Waals surface area contributed by atoms with Gasteiger partial charge in [-0.05, 0) is 27.2 Å². The molecule has 1 aliphatic rings. The minimum absolute atomic E-state index is 0.0388. The van der Waals surface area contributed by atoms with Crippen molar-refractivity contribution < 1.29 is 19.6 Å². The summed E-state index contributed by atoms with van der Waals surface area (Å²) in [7, 11) is 1.55. The van der Waals surface area contributed by atoms with Crippen molar-refractivity contribution in [1.82, 2.24) is 0 Å². The number of aliphatic hydroxyl groups is 1. The standard InChI is InChI=1S/C9H18O4/c1-8(2)5-7(6-10)9(3,11-4)13-12-8/h7,10H,5-6H2,1-4H3. The first-order valence-electron chi connectivity index (χ1n) is 4.46. The number of methoxy groups -OCH3 is 1. The van der Waals surface area contributed by atoms with Crippen LogP contribution in [-0.2, 0) is 14.5 Å². The molecule has 1 aliphatic heterocycles. The zero-order valence-corrected chi connectivity index (χ0v) is 8.66. The zero-order valence-electron chi connectivity index (χ0n) is 8.66. The first kappa shape index (κ1) is 10.9. The fourth-order valence-electron chi connectivity index (χ4n) is 1.51. The van der Waals surface area contributed by atoms with E-state index in [9.17, 15) is 5.11 Å². The van der Waals surface area contributed by atoms with Crippen molar-refractivity contribution in [1.29, 1.82) is 0 Å². The largest absolute Gasteiger partial charge is 0.396 e. The van der Waals surface area contributed by atoms with Gasteiger partial charge in [-0.15, -0.1) is 0 Å². The third-order valence-electron chi connectivity index (χ3n) is 2.54. The normalized spacial score (nSPS) is 39.0. The molecule has 4 nitrogen and oxygen atoms in total. The van der Waals surface area contributed by atoms with Crippen LogP contribution in [0, 0.1) is 5.92 Å². The van der Waals surface area contributed by atoms with E-state index in [-0.39, 0.29) is 18.1 Å². The van der Waals surface area contributed by atoms with Crippen molar-refractivity contribution in [3.8, 4) is 0 Å². The molecule has 1 heterocycles. The molecule has 0 amide bonds. The molecule has 0 bridgehead atoms. The zero-order chi connectivity index (χ0) is 10.1.